The van der Waals surface area contributed by atoms with Crippen molar-refractivity contribution in [3.8, 4) is 5.75 Å². The predicted octanol–water partition coefficient (Wildman–Crippen LogP) is 3.69. The van der Waals surface area contributed by atoms with Gasteiger partial charge in [-0.15, -0.1) is 10.2 Å². The molecule has 1 aliphatic heterocycles. The van der Waals surface area contributed by atoms with Crippen molar-refractivity contribution in [2.75, 3.05) is 18.9 Å². The number of likely N-dealkylation sites (N-methyl/N-ethyl adjacent to an activating group) is 1. The summed E-state index contributed by atoms with van der Waals surface area (Å²) in [4.78, 5) is 14.0. The van der Waals surface area contributed by atoms with Crippen LogP contribution in [-0.2, 0) is 11.8 Å². The lowest BCUT2D eigenvalue weighted by Gasteiger charge is -2.21. The summed E-state index contributed by atoms with van der Waals surface area (Å²) in [6.45, 7) is 6.89. The number of ether oxygens (including phenoxy) is 1. The zero-order valence-corrected chi connectivity index (χ0v) is 15.9. The smallest absolute Gasteiger partial charge is 0.323 e. The highest BCUT2D eigenvalue weighted by Crippen LogP contribution is 2.31. The van der Waals surface area contributed by atoms with Gasteiger partial charge in [0.1, 0.15) is 16.9 Å². The Kier molecular flexibility index (Phi) is 4.94. The minimum absolute atomic E-state index is 0.0165. The van der Waals surface area contributed by atoms with E-state index in [4.69, 9.17) is 4.74 Å². The van der Waals surface area contributed by atoms with E-state index in [1.54, 1.807) is 11.9 Å². The van der Waals surface area contributed by atoms with E-state index in [9.17, 15) is 4.79 Å². The molecule has 0 aliphatic carbocycles. The first-order valence-electron chi connectivity index (χ1n) is 8.49. The standard InChI is InChI=1S/C18H24N4O2S/c1-5-18(2,3)15-20-21-16(25-15)19-17(23)22(4)11-13-10-12-8-6-7-9-14(12)24-13/h6-9,13H,5,10-11H2,1-4H3,(H,19,21,23)/t13-/m1/s1. The number of urea groups is 1. The molecule has 1 N–H and O–H groups in total. The highest BCUT2D eigenvalue weighted by Gasteiger charge is 2.26. The molecule has 25 heavy (non-hydrogen) atoms. The van der Waals surface area contributed by atoms with Crippen LogP contribution >= 0.6 is 11.3 Å². The van der Waals surface area contributed by atoms with Gasteiger partial charge < -0.3 is 9.64 Å². The predicted molar refractivity (Wildman–Crippen MR) is 99.4 cm³/mol. The highest BCUT2D eigenvalue weighted by molar-refractivity contribution is 7.15. The van der Waals surface area contributed by atoms with E-state index in [2.05, 4.69) is 42.4 Å². The third-order valence-corrected chi connectivity index (χ3v) is 5.84. The van der Waals surface area contributed by atoms with Crippen LogP contribution in [0.4, 0.5) is 9.93 Å². The van der Waals surface area contributed by atoms with Gasteiger partial charge in [-0.3, -0.25) is 5.32 Å². The molecule has 0 fully saturated rings. The first-order valence-corrected chi connectivity index (χ1v) is 9.31. The molecular formula is C18H24N4O2S. The van der Waals surface area contributed by atoms with Gasteiger partial charge in [0.15, 0.2) is 0 Å². The molecule has 0 spiro atoms. The van der Waals surface area contributed by atoms with Crippen molar-refractivity contribution >= 4 is 22.5 Å². The van der Waals surface area contributed by atoms with Crippen LogP contribution in [0, 0.1) is 0 Å². The summed E-state index contributed by atoms with van der Waals surface area (Å²) in [5, 5.41) is 12.6. The summed E-state index contributed by atoms with van der Waals surface area (Å²) in [5.41, 5.74) is 1.16. The van der Waals surface area contributed by atoms with Crippen LogP contribution in [-0.4, -0.2) is 40.8 Å². The van der Waals surface area contributed by atoms with Crippen LogP contribution in [0.15, 0.2) is 24.3 Å². The van der Waals surface area contributed by atoms with E-state index in [0.717, 1.165) is 23.6 Å². The van der Waals surface area contributed by atoms with Gasteiger partial charge in [-0.25, -0.2) is 4.79 Å². The number of benzene rings is 1. The summed E-state index contributed by atoms with van der Waals surface area (Å²) < 4.78 is 5.89. The zero-order valence-electron chi connectivity index (χ0n) is 15.1. The Bertz CT molecular complexity index is 734. The van der Waals surface area contributed by atoms with E-state index < -0.39 is 0 Å². The van der Waals surface area contributed by atoms with Crippen molar-refractivity contribution in [3.05, 3.63) is 34.8 Å². The molecule has 6 nitrogen and oxygen atoms in total. The lowest BCUT2D eigenvalue weighted by molar-refractivity contribution is 0.172. The van der Waals surface area contributed by atoms with Crippen LogP contribution in [0.1, 0.15) is 37.8 Å². The van der Waals surface area contributed by atoms with Crippen molar-refractivity contribution < 1.29 is 9.53 Å². The molecule has 1 aromatic heterocycles. The van der Waals surface area contributed by atoms with E-state index >= 15 is 0 Å². The Morgan fingerprint density at radius 3 is 2.88 bits per heavy atom. The Balaban J connectivity index is 1.55. The molecule has 1 aliphatic rings. The van der Waals surface area contributed by atoms with Crippen molar-refractivity contribution in [2.24, 2.45) is 0 Å². The van der Waals surface area contributed by atoms with Crippen molar-refractivity contribution in [1.82, 2.24) is 15.1 Å². The van der Waals surface area contributed by atoms with Gasteiger partial charge >= 0.3 is 6.03 Å². The van der Waals surface area contributed by atoms with Gasteiger partial charge in [-0.05, 0) is 18.1 Å². The molecule has 134 valence electrons. The van der Waals surface area contributed by atoms with Gasteiger partial charge in [0.2, 0.25) is 5.13 Å². The highest BCUT2D eigenvalue weighted by atomic mass is 32.1. The molecule has 0 saturated carbocycles. The van der Waals surface area contributed by atoms with E-state index in [1.807, 2.05) is 18.2 Å². The van der Waals surface area contributed by atoms with Gasteiger partial charge in [0.05, 0.1) is 6.54 Å². The first kappa shape index (κ1) is 17.7. The molecular weight excluding hydrogens is 336 g/mol. The van der Waals surface area contributed by atoms with E-state index in [1.165, 1.54) is 16.9 Å². The molecule has 1 aromatic carbocycles. The second kappa shape index (κ2) is 7.00. The SMILES string of the molecule is CCC(C)(C)c1nnc(NC(=O)N(C)C[C@H]2Cc3ccccc3O2)s1. The molecule has 3 rings (SSSR count). The fraction of sp³-hybridized carbons (Fsp3) is 0.500. The Hall–Kier alpha value is -2.15. The second-order valence-electron chi connectivity index (χ2n) is 7.01. The van der Waals surface area contributed by atoms with Crippen LogP contribution in [0.5, 0.6) is 5.75 Å². The van der Waals surface area contributed by atoms with Crippen LogP contribution in [0.3, 0.4) is 0 Å². The fourth-order valence-corrected chi connectivity index (χ4v) is 3.53. The average Bonchev–Trinajstić information content (AvgIpc) is 3.21. The van der Waals surface area contributed by atoms with E-state index in [0.29, 0.717) is 11.7 Å². The molecule has 0 unspecified atom stereocenters. The summed E-state index contributed by atoms with van der Waals surface area (Å²) in [6.07, 6.45) is 1.77. The lowest BCUT2D eigenvalue weighted by Crippen LogP contribution is -2.38. The number of fused-ring (bicyclic) bond motifs is 1. The first-order chi connectivity index (χ1) is 11.9. The molecule has 0 radical (unpaired) electrons. The van der Waals surface area contributed by atoms with Gasteiger partial charge in [-0.1, -0.05) is 50.3 Å². The summed E-state index contributed by atoms with van der Waals surface area (Å²) in [6, 6.07) is 7.80. The number of para-hydroxylation sites is 1. The Labute approximate surface area is 152 Å². The van der Waals surface area contributed by atoms with Crippen molar-refractivity contribution in [1.29, 1.82) is 0 Å². The third kappa shape index (κ3) is 3.92. The topological polar surface area (TPSA) is 67.4 Å². The minimum Gasteiger partial charge on any atom is -0.488 e. The fourth-order valence-electron chi connectivity index (χ4n) is 2.63. The number of hydrogen-bond donors (Lipinski definition) is 1. The molecule has 1 atom stereocenters. The number of anilines is 1. The maximum atomic E-state index is 12.4. The molecule has 2 aromatic rings. The number of carbonyl (C=O) groups is 1. The lowest BCUT2D eigenvalue weighted by atomic mass is 9.91. The van der Waals surface area contributed by atoms with Gasteiger partial charge in [-0.2, -0.15) is 0 Å². The van der Waals surface area contributed by atoms with Crippen molar-refractivity contribution in [2.45, 2.75) is 45.1 Å². The third-order valence-electron chi connectivity index (χ3n) is 4.64. The maximum Gasteiger partial charge on any atom is 0.323 e. The Morgan fingerprint density at radius 1 is 1.40 bits per heavy atom. The monoisotopic (exact) mass is 360 g/mol. The van der Waals surface area contributed by atoms with Gasteiger partial charge in [0, 0.05) is 18.9 Å². The molecule has 2 heterocycles. The number of rotatable bonds is 5. The average molecular weight is 360 g/mol. The molecule has 2 amide bonds. The molecule has 7 heteroatoms. The van der Waals surface area contributed by atoms with E-state index in [-0.39, 0.29) is 17.6 Å². The van der Waals surface area contributed by atoms with Crippen LogP contribution < -0.4 is 10.1 Å². The normalized spacial score (nSPS) is 16.2. The number of nitrogens with one attached hydrogen (secondary N) is 1. The number of aromatic nitrogens is 2. The Morgan fingerprint density at radius 2 is 2.16 bits per heavy atom. The minimum atomic E-state index is -0.198. The number of nitrogens with zero attached hydrogens (tertiary/aromatic N) is 3. The molecule has 0 bridgehead atoms. The maximum absolute atomic E-state index is 12.4. The van der Waals surface area contributed by atoms with Crippen LogP contribution in [0.25, 0.3) is 0 Å². The second-order valence-corrected chi connectivity index (χ2v) is 7.99. The summed E-state index contributed by atoms with van der Waals surface area (Å²) in [5.74, 6) is 0.914. The van der Waals surface area contributed by atoms with Crippen LogP contribution in [0.2, 0.25) is 0 Å². The summed E-state index contributed by atoms with van der Waals surface area (Å²) in [7, 11) is 1.76. The largest absolute Gasteiger partial charge is 0.488 e. The van der Waals surface area contributed by atoms with Gasteiger partial charge in [0.25, 0.3) is 0 Å². The quantitative estimate of drug-likeness (QED) is 0.883. The summed E-state index contributed by atoms with van der Waals surface area (Å²) >= 11 is 1.43. The molecule has 0 saturated heterocycles. The van der Waals surface area contributed by atoms with Crippen molar-refractivity contribution in [3.63, 3.8) is 0 Å². The number of carbonyl (C=O) groups excluding carboxylic acids is 1. The number of amides is 2. The zero-order chi connectivity index (χ0) is 18.0. The number of hydrogen-bond acceptors (Lipinski definition) is 5.